The van der Waals surface area contributed by atoms with Crippen LogP contribution in [0.5, 0.6) is 0 Å². The van der Waals surface area contributed by atoms with Crippen molar-refractivity contribution in [3.8, 4) is 0 Å². The summed E-state index contributed by atoms with van der Waals surface area (Å²) in [6, 6.07) is 0. The van der Waals surface area contributed by atoms with Gasteiger partial charge in [0.1, 0.15) is 5.15 Å². The molecule has 2 nitrogen and oxygen atoms in total. The van der Waals surface area contributed by atoms with E-state index in [0.29, 0.717) is 11.1 Å². The summed E-state index contributed by atoms with van der Waals surface area (Å²) in [6.07, 6.45) is 0. The zero-order valence-corrected chi connectivity index (χ0v) is 8.74. The number of aromatic nitrogens is 2. The summed E-state index contributed by atoms with van der Waals surface area (Å²) in [6.45, 7) is 5.98. The number of hydrogen-bond donors (Lipinski definition) is 0. The average Bonchev–Trinajstić information content (AvgIpc) is 1.96. The molecule has 0 aliphatic rings. The van der Waals surface area contributed by atoms with Crippen molar-refractivity contribution in [1.29, 1.82) is 0 Å². The van der Waals surface area contributed by atoms with Crippen molar-refractivity contribution in [2.24, 2.45) is 0 Å². The molecule has 1 aromatic heterocycles. The van der Waals surface area contributed by atoms with Gasteiger partial charge in [-0.1, -0.05) is 25.4 Å². The second-order valence-corrected chi connectivity index (χ2v) is 3.64. The topological polar surface area (TPSA) is 25.8 Å². The van der Waals surface area contributed by atoms with Gasteiger partial charge >= 0.3 is 0 Å². The van der Waals surface area contributed by atoms with Crippen molar-refractivity contribution in [1.82, 2.24) is 9.97 Å². The van der Waals surface area contributed by atoms with E-state index in [2.05, 4.69) is 9.97 Å². The van der Waals surface area contributed by atoms with Gasteiger partial charge in [0.25, 0.3) is 0 Å². The molecule has 66 valence electrons. The monoisotopic (exact) mass is 204 g/mol. The van der Waals surface area contributed by atoms with E-state index in [0.717, 1.165) is 11.3 Å². The Morgan fingerprint density at radius 2 is 1.75 bits per heavy atom. The van der Waals surface area contributed by atoms with Crippen molar-refractivity contribution >= 4 is 23.2 Å². The predicted octanol–water partition coefficient (Wildman–Crippen LogP) is 3.22. The zero-order chi connectivity index (χ0) is 9.30. The fourth-order valence-corrected chi connectivity index (χ4v) is 1.44. The van der Waals surface area contributed by atoms with Gasteiger partial charge in [-0.25, -0.2) is 9.97 Å². The lowest BCUT2D eigenvalue weighted by Gasteiger charge is -2.08. The van der Waals surface area contributed by atoms with Crippen LogP contribution in [0.25, 0.3) is 0 Å². The largest absolute Gasteiger partial charge is 0.224 e. The third-order valence-electron chi connectivity index (χ3n) is 1.64. The first-order valence-corrected chi connectivity index (χ1v) is 4.47. The van der Waals surface area contributed by atoms with Crippen molar-refractivity contribution in [2.45, 2.75) is 26.7 Å². The van der Waals surface area contributed by atoms with Gasteiger partial charge in [0, 0.05) is 5.56 Å². The molecule has 0 radical (unpaired) electrons. The Kier molecular flexibility index (Phi) is 2.91. The van der Waals surface area contributed by atoms with Crippen LogP contribution in [-0.2, 0) is 0 Å². The van der Waals surface area contributed by atoms with Gasteiger partial charge in [0.05, 0.1) is 5.69 Å². The quantitative estimate of drug-likeness (QED) is 0.519. The van der Waals surface area contributed by atoms with E-state index in [4.69, 9.17) is 23.2 Å². The molecular weight excluding hydrogens is 195 g/mol. The molecule has 4 heteroatoms. The Morgan fingerprint density at radius 3 is 2.25 bits per heavy atom. The summed E-state index contributed by atoms with van der Waals surface area (Å²) < 4.78 is 0. The summed E-state index contributed by atoms with van der Waals surface area (Å²) >= 11 is 11.5. The molecule has 0 aliphatic carbocycles. The molecule has 0 saturated heterocycles. The van der Waals surface area contributed by atoms with Crippen molar-refractivity contribution in [3.05, 3.63) is 21.7 Å². The normalized spacial score (nSPS) is 10.8. The van der Waals surface area contributed by atoms with E-state index >= 15 is 0 Å². The predicted molar refractivity (Wildman–Crippen MR) is 50.9 cm³/mol. The molecule has 12 heavy (non-hydrogen) atoms. The zero-order valence-electron chi connectivity index (χ0n) is 7.23. The maximum Gasteiger partial charge on any atom is 0.224 e. The van der Waals surface area contributed by atoms with Gasteiger partial charge in [-0.2, -0.15) is 0 Å². The van der Waals surface area contributed by atoms with Crippen LogP contribution >= 0.6 is 23.2 Å². The molecule has 1 rings (SSSR count). The first-order chi connectivity index (χ1) is 5.52. The van der Waals surface area contributed by atoms with Crippen molar-refractivity contribution in [3.63, 3.8) is 0 Å². The van der Waals surface area contributed by atoms with E-state index in [1.807, 2.05) is 20.8 Å². The summed E-state index contributed by atoms with van der Waals surface area (Å²) in [5.74, 6) is 0.322. The van der Waals surface area contributed by atoms with Crippen LogP contribution < -0.4 is 0 Å². The fraction of sp³-hybridized carbons (Fsp3) is 0.500. The molecule has 0 aliphatic heterocycles. The highest BCUT2D eigenvalue weighted by atomic mass is 35.5. The lowest BCUT2D eigenvalue weighted by atomic mass is 10.1. The lowest BCUT2D eigenvalue weighted by molar-refractivity contribution is 0.802. The molecular formula is C8H10Cl2N2. The van der Waals surface area contributed by atoms with Gasteiger partial charge in [0.15, 0.2) is 0 Å². The first kappa shape index (κ1) is 9.75. The van der Waals surface area contributed by atoms with E-state index < -0.39 is 0 Å². The smallest absolute Gasteiger partial charge is 0.222 e. The van der Waals surface area contributed by atoms with Crippen molar-refractivity contribution in [2.75, 3.05) is 0 Å². The van der Waals surface area contributed by atoms with Gasteiger partial charge in [-0.15, -0.1) is 0 Å². The van der Waals surface area contributed by atoms with Gasteiger partial charge < -0.3 is 0 Å². The number of rotatable bonds is 1. The highest BCUT2D eigenvalue weighted by Gasteiger charge is 2.10. The molecule has 0 fully saturated rings. The number of nitrogens with zero attached hydrogens (tertiary/aromatic N) is 2. The van der Waals surface area contributed by atoms with E-state index in [9.17, 15) is 0 Å². The lowest BCUT2D eigenvalue weighted by Crippen LogP contribution is -1.99. The minimum absolute atomic E-state index is 0.217. The van der Waals surface area contributed by atoms with Gasteiger partial charge in [-0.3, -0.25) is 0 Å². The average molecular weight is 205 g/mol. The Hall–Kier alpha value is -0.340. The Bertz CT molecular complexity index is 297. The van der Waals surface area contributed by atoms with Crippen LogP contribution in [-0.4, -0.2) is 9.97 Å². The summed E-state index contributed by atoms with van der Waals surface area (Å²) in [4.78, 5) is 7.94. The second-order valence-electron chi connectivity index (χ2n) is 2.95. The van der Waals surface area contributed by atoms with E-state index in [1.54, 1.807) is 0 Å². The van der Waals surface area contributed by atoms with Crippen LogP contribution in [0.4, 0.5) is 0 Å². The Morgan fingerprint density at radius 1 is 1.17 bits per heavy atom. The molecule has 1 aromatic rings. The molecule has 0 N–H and O–H groups in total. The molecule has 0 aromatic carbocycles. The van der Waals surface area contributed by atoms with Gasteiger partial charge in [-0.05, 0) is 24.4 Å². The number of halogens is 2. The third kappa shape index (κ3) is 1.87. The van der Waals surface area contributed by atoms with Crippen LogP contribution in [0, 0.1) is 6.92 Å². The molecule has 0 saturated carbocycles. The van der Waals surface area contributed by atoms with E-state index in [1.165, 1.54) is 0 Å². The summed E-state index contributed by atoms with van der Waals surface area (Å²) in [5.41, 5.74) is 1.83. The maximum atomic E-state index is 5.83. The SMILES string of the molecule is Cc1c(Cl)nc(Cl)nc1C(C)C. The molecule has 0 atom stereocenters. The van der Waals surface area contributed by atoms with Crippen LogP contribution in [0.1, 0.15) is 31.0 Å². The maximum absolute atomic E-state index is 5.83. The molecule has 0 amide bonds. The molecule has 0 spiro atoms. The third-order valence-corrected chi connectivity index (χ3v) is 2.18. The van der Waals surface area contributed by atoms with Crippen LogP contribution in [0.3, 0.4) is 0 Å². The molecule has 0 bridgehead atoms. The highest BCUT2D eigenvalue weighted by Crippen LogP contribution is 2.23. The summed E-state index contributed by atoms with van der Waals surface area (Å²) in [7, 11) is 0. The van der Waals surface area contributed by atoms with Gasteiger partial charge in [0.2, 0.25) is 5.28 Å². The standard InChI is InChI=1S/C8H10Cl2N2/c1-4(2)6-5(3)7(9)12-8(10)11-6/h4H,1-3H3. The first-order valence-electron chi connectivity index (χ1n) is 3.72. The van der Waals surface area contributed by atoms with Crippen LogP contribution in [0.2, 0.25) is 10.4 Å². The Labute approximate surface area is 81.9 Å². The highest BCUT2D eigenvalue weighted by molar-refractivity contribution is 6.32. The van der Waals surface area contributed by atoms with E-state index in [-0.39, 0.29) is 5.28 Å². The summed E-state index contributed by atoms with van der Waals surface area (Å²) in [5, 5.41) is 0.660. The minimum atomic E-state index is 0.217. The number of hydrogen-bond acceptors (Lipinski definition) is 2. The minimum Gasteiger partial charge on any atom is -0.222 e. The fourth-order valence-electron chi connectivity index (χ4n) is 1.04. The van der Waals surface area contributed by atoms with Crippen LogP contribution in [0.15, 0.2) is 0 Å². The molecule has 1 heterocycles. The Balaban J connectivity index is 3.28. The molecule has 0 unspecified atom stereocenters. The van der Waals surface area contributed by atoms with Crippen molar-refractivity contribution < 1.29 is 0 Å². The second kappa shape index (κ2) is 3.58.